The minimum atomic E-state index is -0.801. The highest BCUT2D eigenvalue weighted by atomic mass is 16.7. The number of hydrogen-bond donors (Lipinski definition) is 1. The fourth-order valence-corrected chi connectivity index (χ4v) is 1.76. The molecule has 2 aromatic carbocycles. The van der Waals surface area contributed by atoms with Gasteiger partial charge in [0.05, 0.1) is 11.1 Å². The average Bonchev–Trinajstić information content (AvgIpc) is 2.63. The van der Waals surface area contributed by atoms with Crippen molar-refractivity contribution >= 4 is 11.9 Å². The molecule has 24 heavy (non-hydrogen) atoms. The number of nitrogens with zero attached hydrogens (tertiary/aromatic N) is 3. The summed E-state index contributed by atoms with van der Waals surface area (Å²) in [6.07, 6.45) is 0. The van der Waals surface area contributed by atoms with Crippen LogP contribution >= 0.6 is 0 Å². The fraction of sp³-hybridized carbons (Fsp3) is 0.0667. The number of ether oxygens (including phenoxy) is 2. The third-order valence-electron chi connectivity index (χ3n) is 2.84. The maximum Gasteiger partial charge on any atom is 0.356 e. The molecule has 0 radical (unpaired) electrons. The van der Waals surface area contributed by atoms with Crippen molar-refractivity contribution in [3.8, 4) is 11.5 Å². The Labute approximate surface area is 136 Å². The van der Waals surface area contributed by atoms with Crippen molar-refractivity contribution in [2.24, 2.45) is 11.0 Å². The topological polar surface area (TPSA) is 137 Å². The first-order chi connectivity index (χ1) is 11.7. The summed E-state index contributed by atoms with van der Waals surface area (Å²) in [6, 6.07) is 12.3. The van der Waals surface area contributed by atoms with Crippen LogP contribution in [0.4, 0.5) is 0 Å². The molecule has 9 nitrogen and oxygen atoms in total. The molecule has 0 amide bonds. The van der Waals surface area contributed by atoms with E-state index in [1.54, 1.807) is 30.3 Å². The predicted molar refractivity (Wildman–Crippen MR) is 82.1 cm³/mol. The van der Waals surface area contributed by atoms with Gasteiger partial charge in [0, 0.05) is 4.91 Å². The highest BCUT2D eigenvalue weighted by Gasteiger charge is 2.16. The molecule has 9 heteroatoms. The van der Waals surface area contributed by atoms with E-state index in [2.05, 4.69) is 14.9 Å². The highest BCUT2D eigenvalue weighted by Crippen LogP contribution is 2.29. The van der Waals surface area contributed by atoms with E-state index in [1.807, 2.05) is 0 Å². The molecule has 2 aromatic rings. The molecule has 0 aliphatic carbocycles. The second-order valence-electron chi connectivity index (χ2n) is 4.33. The Balaban J connectivity index is 2.28. The lowest BCUT2D eigenvalue weighted by atomic mass is 10.2. The van der Waals surface area contributed by atoms with E-state index in [1.165, 1.54) is 18.2 Å². The van der Waals surface area contributed by atoms with Gasteiger partial charge in [-0.2, -0.15) is 5.90 Å². The molecule has 0 aromatic heterocycles. The molecule has 0 atom stereocenters. The monoisotopic (exact) mass is 328 g/mol. The van der Waals surface area contributed by atoms with Gasteiger partial charge in [-0.1, -0.05) is 23.3 Å². The number of esters is 1. The number of rotatable bonds is 6. The van der Waals surface area contributed by atoms with Crippen molar-refractivity contribution in [3.63, 3.8) is 0 Å². The van der Waals surface area contributed by atoms with Crippen LogP contribution in [0.2, 0.25) is 0 Å². The molecule has 0 unspecified atom stereocenters. The lowest BCUT2D eigenvalue weighted by Crippen LogP contribution is -2.12. The highest BCUT2D eigenvalue weighted by molar-refractivity contribution is 5.92. The number of carbonyl (C=O) groups excluding carboxylic acids is 2. The van der Waals surface area contributed by atoms with E-state index in [0.717, 1.165) is 0 Å². The Morgan fingerprint density at radius 2 is 1.79 bits per heavy atom. The van der Waals surface area contributed by atoms with Gasteiger partial charge in [0.1, 0.15) is 0 Å². The van der Waals surface area contributed by atoms with Gasteiger partial charge in [0.2, 0.25) is 0 Å². The quantitative estimate of drug-likeness (QED) is 0.216. The standard InChI is InChI=1S/C15H12N4O5/c16-19-18-9-22-13-8-11(15(21)24-17)6-7-12(13)23-14(20)10-4-2-1-3-5-10/h1-8H,9,17H2. The van der Waals surface area contributed by atoms with Gasteiger partial charge in [0.15, 0.2) is 18.2 Å². The molecule has 0 saturated heterocycles. The van der Waals surface area contributed by atoms with Gasteiger partial charge < -0.3 is 14.3 Å². The number of carbonyl (C=O) groups is 2. The van der Waals surface area contributed by atoms with Crippen LogP contribution in [0, 0.1) is 0 Å². The minimum Gasteiger partial charge on any atom is -0.484 e. The molecule has 0 heterocycles. The molecule has 0 aliphatic heterocycles. The first-order valence-corrected chi connectivity index (χ1v) is 6.61. The molecule has 0 bridgehead atoms. The lowest BCUT2D eigenvalue weighted by Gasteiger charge is -2.11. The first kappa shape index (κ1) is 16.8. The molecule has 0 aliphatic rings. The van der Waals surface area contributed by atoms with Crippen molar-refractivity contribution < 1.29 is 23.9 Å². The van der Waals surface area contributed by atoms with Gasteiger partial charge in [-0.15, -0.1) is 0 Å². The Morgan fingerprint density at radius 1 is 1.04 bits per heavy atom. The Bertz CT molecular complexity index is 788. The Morgan fingerprint density at radius 3 is 2.46 bits per heavy atom. The van der Waals surface area contributed by atoms with E-state index < -0.39 is 11.9 Å². The average molecular weight is 328 g/mol. The summed E-state index contributed by atoms with van der Waals surface area (Å²) in [5, 5.41) is 3.22. The van der Waals surface area contributed by atoms with Crippen LogP contribution in [0.25, 0.3) is 10.4 Å². The van der Waals surface area contributed by atoms with Crippen molar-refractivity contribution in [2.75, 3.05) is 6.73 Å². The maximum absolute atomic E-state index is 12.1. The normalized spacial score (nSPS) is 9.54. The molecule has 2 N–H and O–H groups in total. The SMILES string of the molecule is [N-]=[N+]=NCOc1cc(C(=O)ON)ccc1OC(=O)c1ccccc1. The molecule has 122 valence electrons. The Kier molecular flexibility index (Phi) is 5.73. The van der Waals surface area contributed by atoms with Crippen LogP contribution in [-0.4, -0.2) is 18.7 Å². The van der Waals surface area contributed by atoms with Crippen molar-refractivity contribution in [1.29, 1.82) is 0 Å². The summed E-state index contributed by atoms with van der Waals surface area (Å²) in [5.41, 5.74) is 8.70. The van der Waals surface area contributed by atoms with Crippen LogP contribution in [-0.2, 0) is 4.84 Å². The molecular weight excluding hydrogens is 316 g/mol. The predicted octanol–water partition coefficient (Wildman–Crippen LogP) is 2.58. The third-order valence-corrected chi connectivity index (χ3v) is 2.84. The van der Waals surface area contributed by atoms with Gasteiger partial charge in [-0.25, -0.2) is 9.59 Å². The maximum atomic E-state index is 12.1. The molecule has 0 spiro atoms. The number of azide groups is 1. The second kappa shape index (κ2) is 8.18. The smallest absolute Gasteiger partial charge is 0.356 e. The minimum absolute atomic E-state index is 0.0228. The van der Waals surface area contributed by atoms with Crippen LogP contribution < -0.4 is 15.4 Å². The third kappa shape index (κ3) is 4.23. The van der Waals surface area contributed by atoms with E-state index >= 15 is 0 Å². The van der Waals surface area contributed by atoms with Crippen molar-refractivity contribution in [2.45, 2.75) is 0 Å². The fourth-order valence-electron chi connectivity index (χ4n) is 1.76. The summed E-state index contributed by atoms with van der Waals surface area (Å²) in [4.78, 5) is 30.2. The van der Waals surface area contributed by atoms with Gasteiger partial charge in [-0.3, -0.25) is 0 Å². The zero-order chi connectivity index (χ0) is 17.4. The molecule has 0 fully saturated rings. The van der Waals surface area contributed by atoms with Crippen LogP contribution in [0.5, 0.6) is 11.5 Å². The summed E-state index contributed by atoms with van der Waals surface area (Å²) >= 11 is 0. The second-order valence-corrected chi connectivity index (χ2v) is 4.33. The van der Waals surface area contributed by atoms with E-state index in [0.29, 0.717) is 5.56 Å². The van der Waals surface area contributed by atoms with E-state index in [-0.39, 0.29) is 23.8 Å². The van der Waals surface area contributed by atoms with E-state index in [4.69, 9.17) is 20.9 Å². The van der Waals surface area contributed by atoms with Crippen LogP contribution in [0.1, 0.15) is 20.7 Å². The van der Waals surface area contributed by atoms with Crippen LogP contribution in [0.3, 0.4) is 0 Å². The zero-order valence-electron chi connectivity index (χ0n) is 12.3. The zero-order valence-corrected chi connectivity index (χ0v) is 12.3. The lowest BCUT2D eigenvalue weighted by molar-refractivity contribution is 0.0503. The summed E-state index contributed by atoms with van der Waals surface area (Å²) in [5.74, 6) is 3.48. The molecule has 2 rings (SSSR count). The molecule has 0 saturated carbocycles. The number of nitrogens with two attached hydrogens (primary N) is 1. The van der Waals surface area contributed by atoms with Crippen LogP contribution in [0.15, 0.2) is 53.6 Å². The number of benzene rings is 2. The largest absolute Gasteiger partial charge is 0.484 e. The Hall–Kier alpha value is -3.55. The number of hydrogen-bond acceptors (Lipinski definition) is 7. The van der Waals surface area contributed by atoms with E-state index in [9.17, 15) is 9.59 Å². The van der Waals surface area contributed by atoms with Gasteiger partial charge in [-0.05, 0) is 35.9 Å². The molecular formula is C15H12N4O5. The first-order valence-electron chi connectivity index (χ1n) is 6.61. The summed E-state index contributed by atoms with van der Waals surface area (Å²) in [6.45, 7) is -0.354. The van der Waals surface area contributed by atoms with Crippen molar-refractivity contribution in [1.82, 2.24) is 0 Å². The summed E-state index contributed by atoms with van der Waals surface area (Å²) < 4.78 is 10.5. The summed E-state index contributed by atoms with van der Waals surface area (Å²) in [7, 11) is 0. The van der Waals surface area contributed by atoms with Gasteiger partial charge in [0.25, 0.3) is 0 Å². The van der Waals surface area contributed by atoms with Crippen molar-refractivity contribution in [3.05, 3.63) is 70.1 Å². The van der Waals surface area contributed by atoms with Gasteiger partial charge >= 0.3 is 11.9 Å².